The molecule has 0 spiro atoms. The number of carbonyl (C=O) groups excluding carboxylic acids is 1. The monoisotopic (exact) mass is 282 g/mol. The van der Waals surface area contributed by atoms with E-state index >= 15 is 0 Å². The van der Waals surface area contributed by atoms with Crippen molar-refractivity contribution in [1.29, 1.82) is 0 Å². The van der Waals surface area contributed by atoms with Gasteiger partial charge in [0.05, 0.1) is 18.8 Å². The molecular weight excluding hydrogens is 263 g/mol. The Labute approximate surface area is 117 Å². The van der Waals surface area contributed by atoms with E-state index in [1.54, 1.807) is 30.1 Å². The first-order valence-corrected chi connectivity index (χ1v) is 6.53. The third-order valence-electron chi connectivity index (χ3n) is 3.48. The van der Waals surface area contributed by atoms with E-state index in [1.165, 1.54) is 11.0 Å². The molecule has 0 unspecified atom stereocenters. The van der Waals surface area contributed by atoms with Crippen molar-refractivity contribution in [2.75, 3.05) is 26.7 Å². The number of nitrogens with zero attached hydrogens (tertiary/aromatic N) is 2. The second kappa shape index (κ2) is 6.30. The highest BCUT2D eigenvalue weighted by molar-refractivity contribution is 5.78. The van der Waals surface area contributed by atoms with Gasteiger partial charge in [-0.3, -0.25) is 9.69 Å². The van der Waals surface area contributed by atoms with E-state index in [-0.39, 0.29) is 37.9 Å². The minimum Gasteiger partial charge on any atom is -0.389 e. The Kier molecular flexibility index (Phi) is 4.69. The number of carbonyl (C=O) groups is 1. The van der Waals surface area contributed by atoms with Crippen LogP contribution in [-0.2, 0) is 11.3 Å². The number of β-amino-alcohol motifs (C(OH)–C–C–N with tert-alkyl or cyclic N) is 2. The summed E-state index contributed by atoms with van der Waals surface area (Å²) in [6.45, 7) is 0.865. The molecule has 1 amide bonds. The van der Waals surface area contributed by atoms with Gasteiger partial charge in [-0.15, -0.1) is 0 Å². The summed E-state index contributed by atoms with van der Waals surface area (Å²) in [6, 6.07) is 6.33. The number of halogens is 1. The number of hydrogen-bond donors (Lipinski definition) is 2. The molecule has 1 aromatic carbocycles. The van der Waals surface area contributed by atoms with Crippen LogP contribution in [0.1, 0.15) is 5.56 Å². The van der Waals surface area contributed by atoms with Crippen LogP contribution in [0.2, 0.25) is 0 Å². The topological polar surface area (TPSA) is 64.0 Å². The Morgan fingerprint density at radius 3 is 2.55 bits per heavy atom. The van der Waals surface area contributed by atoms with Crippen LogP contribution in [0.4, 0.5) is 4.39 Å². The zero-order valence-electron chi connectivity index (χ0n) is 11.4. The van der Waals surface area contributed by atoms with Crippen LogP contribution >= 0.6 is 0 Å². The number of hydrogen-bond acceptors (Lipinski definition) is 4. The van der Waals surface area contributed by atoms with Crippen molar-refractivity contribution in [3.63, 3.8) is 0 Å². The predicted octanol–water partition coefficient (Wildman–Crippen LogP) is -0.179. The van der Waals surface area contributed by atoms with Gasteiger partial charge in [-0.2, -0.15) is 0 Å². The fourth-order valence-corrected chi connectivity index (χ4v) is 2.26. The maximum Gasteiger partial charge on any atom is 0.236 e. The lowest BCUT2D eigenvalue weighted by molar-refractivity contribution is -0.131. The molecule has 0 aromatic heterocycles. The summed E-state index contributed by atoms with van der Waals surface area (Å²) in [5.74, 6) is -0.506. The minimum absolute atomic E-state index is 0.110. The van der Waals surface area contributed by atoms with E-state index in [0.717, 1.165) is 0 Å². The summed E-state index contributed by atoms with van der Waals surface area (Å²) in [7, 11) is 1.61. The van der Waals surface area contributed by atoms with Crippen LogP contribution in [0.5, 0.6) is 0 Å². The van der Waals surface area contributed by atoms with Crippen LogP contribution in [-0.4, -0.2) is 64.8 Å². The number of likely N-dealkylation sites (N-methyl/N-ethyl adjacent to an activating group) is 1. The number of benzene rings is 1. The molecule has 1 aliphatic rings. The van der Waals surface area contributed by atoms with Crippen molar-refractivity contribution in [3.8, 4) is 0 Å². The van der Waals surface area contributed by atoms with E-state index < -0.39 is 12.2 Å². The Morgan fingerprint density at radius 1 is 1.35 bits per heavy atom. The molecular formula is C14H19FN2O3. The van der Waals surface area contributed by atoms with Gasteiger partial charge in [-0.05, 0) is 6.07 Å². The standard InChI is InChI=1S/C14H19FN2O3/c1-16(6-10-4-2-3-5-11(10)15)14(20)9-17-7-12(18)13(19)8-17/h2-5,12-13,18-19H,6-9H2,1H3/t12-,13+. The average molecular weight is 282 g/mol. The second-order valence-corrected chi connectivity index (χ2v) is 5.17. The van der Waals surface area contributed by atoms with Crippen molar-refractivity contribution >= 4 is 5.91 Å². The van der Waals surface area contributed by atoms with Gasteiger partial charge in [0.1, 0.15) is 5.82 Å². The number of rotatable bonds is 4. The fourth-order valence-electron chi connectivity index (χ4n) is 2.26. The maximum absolute atomic E-state index is 13.5. The van der Waals surface area contributed by atoms with E-state index in [4.69, 9.17) is 0 Å². The number of likely N-dealkylation sites (tertiary alicyclic amines) is 1. The summed E-state index contributed by atoms with van der Waals surface area (Å²) in [5.41, 5.74) is 0.463. The lowest BCUT2D eigenvalue weighted by atomic mass is 10.2. The van der Waals surface area contributed by atoms with E-state index in [9.17, 15) is 19.4 Å². The molecule has 1 heterocycles. The van der Waals surface area contributed by atoms with Crippen molar-refractivity contribution in [3.05, 3.63) is 35.6 Å². The predicted molar refractivity (Wildman–Crippen MR) is 71.3 cm³/mol. The van der Waals surface area contributed by atoms with Gasteiger partial charge in [0, 0.05) is 32.2 Å². The summed E-state index contributed by atoms with van der Waals surface area (Å²) in [6.07, 6.45) is -1.61. The van der Waals surface area contributed by atoms with Gasteiger partial charge in [-0.25, -0.2) is 4.39 Å². The Hall–Kier alpha value is -1.50. The molecule has 0 bridgehead atoms. The molecule has 1 aromatic rings. The molecule has 0 aliphatic carbocycles. The van der Waals surface area contributed by atoms with E-state index in [2.05, 4.69) is 0 Å². The lowest BCUT2D eigenvalue weighted by Crippen LogP contribution is -2.37. The van der Waals surface area contributed by atoms with Crippen molar-refractivity contribution < 1.29 is 19.4 Å². The second-order valence-electron chi connectivity index (χ2n) is 5.17. The quantitative estimate of drug-likeness (QED) is 0.804. The van der Waals surface area contributed by atoms with E-state index in [1.807, 2.05) is 0 Å². The normalized spacial score (nSPS) is 23.0. The SMILES string of the molecule is CN(Cc1ccccc1F)C(=O)CN1C[C@@H](O)[C@@H](O)C1. The molecule has 2 rings (SSSR count). The minimum atomic E-state index is -0.806. The molecule has 2 atom stereocenters. The molecule has 20 heavy (non-hydrogen) atoms. The highest BCUT2D eigenvalue weighted by Gasteiger charge is 2.31. The Morgan fingerprint density at radius 2 is 1.95 bits per heavy atom. The number of aliphatic hydroxyl groups excluding tert-OH is 2. The summed E-state index contributed by atoms with van der Waals surface area (Å²) in [4.78, 5) is 15.2. The smallest absolute Gasteiger partial charge is 0.236 e. The molecule has 2 N–H and O–H groups in total. The third-order valence-corrected chi connectivity index (χ3v) is 3.48. The van der Waals surface area contributed by atoms with Gasteiger partial charge in [-0.1, -0.05) is 18.2 Å². The largest absolute Gasteiger partial charge is 0.389 e. The fraction of sp³-hybridized carbons (Fsp3) is 0.500. The highest BCUT2D eigenvalue weighted by atomic mass is 19.1. The lowest BCUT2D eigenvalue weighted by Gasteiger charge is -2.21. The molecule has 5 nitrogen and oxygen atoms in total. The maximum atomic E-state index is 13.5. The van der Waals surface area contributed by atoms with Crippen LogP contribution in [0.25, 0.3) is 0 Å². The number of amides is 1. The van der Waals surface area contributed by atoms with Gasteiger partial charge in [0.2, 0.25) is 5.91 Å². The zero-order valence-corrected chi connectivity index (χ0v) is 11.4. The molecule has 1 saturated heterocycles. The first-order chi connectivity index (χ1) is 9.47. The summed E-state index contributed by atoms with van der Waals surface area (Å²) >= 11 is 0. The van der Waals surface area contributed by atoms with Crippen molar-refractivity contribution in [2.45, 2.75) is 18.8 Å². The van der Waals surface area contributed by atoms with Crippen LogP contribution in [0, 0.1) is 5.82 Å². The highest BCUT2D eigenvalue weighted by Crippen LogP contribution is 2.12. The van der Waals surface area contributed by atoms with Gasteiger partial charge < -0.3 is 15.1 Å². The zero-order chi connectivity index (χ0) is 14.7. The van der Waals surface area contributed by atoms with Crippen LogP contribution in [0.3, 0.4) is 0 Å². The number of aliphatic hydroxyl groups is 2. The van der Waals surface area contributed by atoms with Gasteiger partial charge in [0.15, 0.2) is 0 Å². The molecule has 0 radical (unpaired) electrons. The van der Waals surface area contributed by atoms with Gasteiger partial charge in [0.25, 0.3) is 0 Å². The first kappa shape index (κ1) is 14.9. The van der Waals surface area contributed by atoms with Crippen LogP contribution < -0.4 is 0 Å². The van der Waals surface area contributed by atoms with Crippen LogP contribution in [0.15, 0.2) is 24.3 Å². The molecule has 6 heteroatoms. The Bertz CT molecular complexity index is 473. The molecule has 110 valence electrons. The van der Waals surface area contributed by atoms with Crippen molar-refractivity contribution in [2.24, 2.45) is 0 Å². The average Bonchev–Trinajstić information content (AvgIpc) is 2.71. The van der Waals surface area contributed by atoms with Crippen molar-refractivity contribution in [1.82, 2.24) is 9.80 Å². The first-order valence-electron chi connectivity index (χ1n) is 6.53. The third kappa shape index (κ3) is 3.53. The van der Waals surface area contributed by atoms with E-state index in [0.29, 0.717) is 5.56 Å². The molecule has 0 saturated carbocycles. The summed E-state index contributed by atoms with van der Waals surface area (Å²) < 4.78 is 13.5. The summed E-state index contributed by atoms with van der Waals surface area (Å²) in [5, 5.41) is 18.9. The molecule has 1 fully saturated rings. The van der Waals surface area contributed by atoms with Gasteiger partial charge >= 0.3 is 0 Å². The molecule has 1 aliphatic heterocycles. The Balaban J connectivity index is 1.88.